The van der Waals surface area contributed by atoms with Crippen LogP contribution in [-0.2, 0) is 0 Å². The second-order valence-electron chi connectivity index (χ2n) is 4.86. The van der Waals surface area contributed by atoms with Crippen LogP contribution in [0.15, 0.2) is 43.0 Å². The van der Waals surface area contributed by atoms with Crippen LogP contribution in [-0.4, -0.2) is 12.0 Å². The van der Waals surface area contributed by atoms with E-state index in [1.807, 2.05) is 0 Å². The number of hydrogen-bond donors (Lipinski definition) is 0. The zero-order valence-corrected chi connectivity index (χ0v) is 12.9. The molecule has 2 aromatic carbocycles. The zero-order chi connectivity index (χ0) is 16.4. The van der Waals surface area contributed by atoms with Gasteiger partial charge in [-0.3, -0.25) is 10.1 Å². The predicted octanol–water partition coefficient (Wildman–Crippen LogP) is 4.80. The first-order valence-electron chi connectivity index (χ1n) is 6.44. The van der Waals surface area contributed by atoms with Crippen molar-refractivity contribution in [3.05, 3.63) is 75.1 Å². The maximum absolute atomic E-state index is 13.2. The lowest BCUT2D eigenvalue weighted by molar-refractivity contribution is -0.384. The standard InChI is InChI=1S/C16H14ClFN2O2/c1-10-8-12(18)4-7-16(10)19(3)11(2)14-9-13(20(21)22)5-6-15(14)17/h4-9H,2H2,1,3H3. The zero-order valence-electron chi connectivity index (χ0n) is 12.1. The van der Waals surface area contributed by atoms with E-state index in [1.54, 1.807) is 24.9 Å². The van der Waals surface area contributed by atoms with Crippen LogP contribution in [0.1, 0.15) is 11.1 Å². The lowest BCUT2D eigenvalue weighted by Crippen LogP contribution is -2.16. The van der Waals surface area contributed by atoms with E-state index in [4.69, 9.17) is 11.6 Å². The summed E-state index contributed by atoms with van der Waals surface area (Å²) in [6.07, 6.45) is 0. The monoisotopic (exact) mass is 320 g/mol. The summed E-state index contributed by atoms with van der Waals surface area (Å²) in [4.78, 5) is 12.1. The number of nitro benzene ring substituents is 1. The molecule has 0 saturated heterocycles. The molecule has 0 fully saturated rings. The van der Waals surface area contributed by atoms with Gasteiger partial charge in [0, 0.05) is 36.1 Å². The number of hydrogen-bond acceptors (Lipinski definition) is 3. The third kappa shape index (κ3) is 3.09. The lowest BCUT2D eigenvalue weighted by Gasteiger charge is -2.24. The highest BCUT2D eigenvalue weighted by atomic mass is 35.5. The van der Waals surface area contributed by atoms with Crippen molar-refractivity contribution in [3.8, 4) is 0 Å². The van der Waals surface area contributed by atoms with Crippen LogP contribution >= 0.6 is 11.6 Å². The maximum Gasteiger partial charge on any atom is 0.270 e. The van der Waals surface area contributed by atoms with Crippen molar-refractivity contribution in [1.29, 1.82) is 0 Å². The van der Waals surface area contributed by atoms with Gasteiger partial charge in [-0.15, -0.1) is 0 Å². The highest BCUT2D eigenvalue weighted by molar-refractivity contribution is 6.32. The maximum atomic E-state index is 13.2. The Morgan fingerprint density at radius 2 is 2.00 bits per heavy atom. The van der Waals surface area contributed by atoms with Crippen molar-refractivity contribution < 1.29 is 9.31 Å². The van der Waals surface area contributed by atoms with Gasteiger partial charge < -0.3 is 4.90 Å². The molecule has 0 N–H and O–H groups in total. The molecule has 0 aliphatic carbocycles. The van der Waals surface area contributed by atoms with E-state index < -0.39 is 4.92 Å². The molecule has 0 amide bonds. The minimum Gasteiger partial charge on any atom is -0.344 e. The van der Waals surface area contributed by atoms with Crippen molar-refractivity contribution in [2.24, 2.45) is 0 Å². The van der Waals surface area contributed by atoms with Crippen LogP contribution in [0.3, 0.4) is 0 Å². The molecule has 0 bridgehead atoms. The Morgan fingerprint density at radius 1 is 1.32 bits per heavy atom. The van der Waals surface area contributed by atoms with Crippen LogP contribution in [0.5, 0.6) is 0 Å². The van der Waals surface area contributed by atoms with Crippen LogP contribution in [0.4, 0.5) is 15.8 Å². The summed E-state index contributed by atoms with van der Waals surface area (Å²) in [5, 5.41) is 11.3. The van der Waals surface area contributed by atoms with Crippen molar-refractivity contribution in [3.63, 3.8) is 0 Å². The fourth-order valence-corrected chi connectivity index (χ4v) is 2.40. The third-order valence-electron chi connectivity index (χ3n) is 3.40. The van der Waals surface area contributed by atoms with Gasteiger partial charge in [-0.1, -0.05) is 18.2 Å². The first-order chi connectivity index (χ1) is 10.3. The number of nitro groups is 1. The molecule has 0 atom stereocenters. The van der Waals surface area contributed by atoms with E-state index in [1.165, 1.54) is 30.3 Å². The first kappa shape index (κ1) is 16.0. The predicted molar refractivity (Wildman–Crippen MR) is 86.7 cm³/mol. The molecule has 0 heterocycles. The Hall–Kier alpha value is -2.40. The Bertz CT molecular complexity index is 762. The topological polar surface area (TPSA) is 46.4 Å². The highest BCUT2D eigenvalue weighted by Gasteiger charge is 2.16. The SMILES string of the molecule is C=C(c1cc([N+](=O)[O-])ccc1Cl)N(C)c1ccc(F)cc1C. The number of nitrogens with zero attached hydrogens (tertiary/aromatic N) is 2. The molecular formula is C16H14ClFN2O2. The van der Waals surface area contributed by atoms with Gasteiger partial charge in [0.2, 0.25) is 0 Å². The molecule has 22 heavy (non-hydrogen) atoms. The van der Waals surface area contributed by atoms with Crippen LogP contribution < -0.4 is 4.90 Å². The summed E-state index contributed by atoms with van der Waals surface area (Å²) >= 11 is 6.12. The van der Waals surface area contributed by atoms with Crippen molar-refractivity contribution >= 4 is 28.7 Å². The van der Waals surface area contributed by atoms with Gasteiger partial charge in [-0.05, 0) is 36.8 Å². The summed E-state index contributed by atoms with van der Waals surface area (Å²) in [5.74, 6) is -0.325. The van der Waals surface area contributed by atoms with Crippen LogP contribution in [0.25, 0.3) is 5.70 Å². The first-order valence-corrected chi connectivity index (χ1v) is 6.82. The minimum atomic E-state index is -0.490. The molecule has 0 spiro atoms. The molecule has 0 saturated carbocycles. The second-order valence-corrected chi connectivity index (χ2v) is 5.26. The lowest BCUT2D eigenvalue weighted by atomic mass is 10.1. The van der Waals surface area contributed by atoms with Crippen LogP contribution in [0.2, 0.25) is 5.02 Å². The second kappa shape index (κ2) is 6.15. The third-order valence-corrected chi connectivity index (χ3v) is 3.73. The molecule has 2 rings (SSSR count). The average molecular weight is 321 g/mol. The van der Waals surface area contributed by atoms with Crippen molar-refractivity contribution in [1.82, 2.24) is 0 Å². The fraction of sp³-hybridized carbons (Fsp3) is 0.125. The van der Waals surface area contributed by atoms with Crippen LogP contribution in [0, 0.1) is 22.9 Å². The Kier molecular flexibility index (Phi) is 4.47. The number of halogens is 2. The fourth-order valence-electron chi connectivity index (χ4n) is 2.17. The molecule has 114 valence electrons. The van der Waals surface area contributed by atoms with E-state index >= 15 is 0 Å². The van der Waals surface area contributed by atoms with Gasteiger partial charge in [0.25, 0.3) is 5.69 Å². The molecule has 0 aromatic heterocycles. The van der Waals surface area contributed by atoms with E-state index in [9.17, 15) is 14.5 Å². The van der Waals surface area contributed by atoms with Gasteiger partial charge >= 0.3 is 0 Å². The summed E-state index contributed by atoms with van der Waals surface area (Å²) in [6.45, 7) is 5.73. The van der Waals surface area contributed by atoms with E-state index in [0.717, 1.165) is 11.3 Å². The molecule has 0 unspecified atom stereocenters. The number of aryl methyl sites for hydroxylation is 1. The molecule has 6 heteroatoms. The summed E-state index contributed by atoms with van der Waals surface area (Å²) in [6, 6.07) is 8.56. The molecule has 0 radical (unpaired) electrons. The molecule has 4 nitrogen and oxygen atoms in total. The largest absolute Gasteiger partial charge is 0.344 e. The Morgan fingerprint density at radius 3 is 2.59 bits per heavy atom. The Labute approximate surface area is 132 Å². The van der Waals surface area contributed by atoms with Gasteiger partial charge in [-0.2, -0.15) is 0 Å². The van der Waals surface area contributed by atoms with E-state index in [-0.39, 0.29) is 11.5 Å². The normalized spacial score (nSPS) is 10.4. The van der Waals surface area contributed by atoms with Gasteiger partial charge in [0.05, 0.1) is 9.95 Å². The molecule has 0 aliphatic heterocycles. The molecular weight excluding hydrogens is 307 g/mol. The summed E-state index contributed by atoms with van der Waals surface area (Å²) < 4.78 is 13.2. The van der Waals surface area contributed by atoms with Gasteiger partial charge in [-0.25, -0.2) is 4.39 Å². The van der Waals surface area contributed by atoms with Gasteiger partial charge in [0.15, 0.2) is 0 Å². The summed E-state index contributed by atoms with van der Waals surface area (Å²) in [7, 11) is 1.75. The number of anilines is 1. The number of rotatable bonds is 4. The summed E-state index contributed by atoms with van der Waals surface area (Å²) in [5.41, 5.74) is 2.36. The highest BCUT2D eigenvalue weighted by Crippen LogP contribution is 2.32. The Balaban J connectivity index is 2.42. The van der Waals surface area contributed by atoms with E-state index in [0.29, 0.717) is 16.3 Å². The average Bonchev–Trinajstić information content (AvgIpc) is 2.46. The van der Waals surface area contributed by atoms with Crippen molar-refractivity contribution in [2.75, 3.05) is 11.9 Å². The van der Waals surface area contributed by atoms with Gasteiger partial charge in [0.1, 0.15) is 5.82 Å². The number of benzene rings is 2. The van der Waals surface area contributed by atoms with Crippen molar-refractivity contribution in [2.45, 2.75) is 6.92 Å². The molecule has 0 aliphatic rings. The minimum absolute atomic E-state index is 0.0650. The number of non-ortho nitro benzene ring substituents is 1. The quantitative estimate of drug-likeness (QED) is 0.600. The smallest absolute Gasteiger partial charge is 0.270 e. The molecule has 2 aromatic rings. The van der Waals surface area contributed by atoms with E-state index in [2.05, 4.69) is 6.58 Å².